The van der Waals surface area contributed by atoms with Gasteiger partial charge in [-0.25, -0.2) is 4.98 Å². The highest BCUT2D eigenvalue weighted by Gasteiger charge is 2.10. The molecule has 0 aliphatic heterocycles. The van der Waals surface area contributed by atoms with Gasteiger partial charge in [-0.3, -0.25) is 0 Å². The average Bonchev–Trinajstić information content (AvgIpc) is 2.97. The fraction of sp³-hybridized carbons (Fsp3) is 0.312. The van der Waals surface area contributed by atoms with Crippen LogP contribution in [0.2, 0.25) is 0 Å². The lowest BCUT2D eigenvalue weighted by atomic mass is 10.1. The standard InChI is InChI=1S/C16H19N3S/c1-11-14-6-4-5-7-15(14)19(3)16(11)10-17-8-13-9-18-12(2)20-13/h4-7,9,17H,8,10H2,1-3H3. The predicted molar refractivity (Wildman–Crippen MR) is 85.1 cm³/mol. The van der Waals surface area contributed by atoms with Crippen molar-refractivity contribution >= 4 is 22.2 Å². The van der Waals surface area contributed by atoms with E-state index in [1.54, 1.807) is 11.3 Å². The molecule has 0 amide bonds. The van der Waals surface area contributed by atoms with Gasteiger partial charge in [-0.15, -0.1) is 11.3 Å². The molecular formula is C16H19N3S. The van der Waals surface area contributed by atoms with E-state index in [1.807, 2.05) is 13.1 Å². The first-order valence-electron chi connectivity index (χ1n) is 6.81. The van der Waals surface area contributed by atoms with Crippen molar-refractivity contribution in [2.24, 2.45) is 7.05 Å². The van der Waals surface area contributed by atoms with Crippen LogP contribution in [0.5, 0.6) is 0 Å². The summed E-state index contributed by atoms with van der Waals surface area (Å²) < 4.78 is 2.29. The van der Waals surface area contributed by atoms with Crippen LogP contribution in [0.25, 0.3) is 10.9 Å². The number of hydrogen-bond donors (Lipinski definition) is 1. The van der Waals surface area contributed by atoms with Crippen LogP contribution in [0, 0.1) is 13.8 Å². The van der Waals surface area contributed by atoms with E-state index in [9.17, 15) is 0 Å². The molecule has 2 aromatic heterocycles. The van der Waals surface area contributed by atoms with Crippen LogP contribution in [0.4, 0.5) is 0 Å². The molecule has 4 heteroatoms. The van der Waals surface area contributed by atoms with Crippen LogP contribution in [0.15, 0.2) is 30.5 Å². The van der Waals surface area contributed by atoms with Gasteiger partial charge in [0.05, 0.1) is 5.01 Å². The second-order valence-corrected chi connectivity index (χ2v) is 6.42. The molecule has 1 aromatic carbocycles. The smallest absolute Gasteiger partial charge is 0.0897 e. The van der Waals surface area contributed by atoms with Crippen molar-refractivity contribution in [1.82, 2.24) is 14.9 Å². The Hall–Kier alpha value is -1.65. The minimum Gasteiger partial charge on any atom is -0.346 e. The molecule has 0 fully saturated rings. The van der Waals surface area contributed by atoms with Crippen molar-refractivity contribution < 1.29 is 0 Å². The van der Waals surface area contributed by atoms with Gasteiger partial charge in [-0.2, -0.15) is 0 Å². The van der Waals surface area contributed by atoms with E-state index >= 15 is 0 Å². The van der Waals surface area contributed by atoms with Gasteiger partial charge in [0.15, 0.2) is 0 Å². The highest BCUT2D eigenvalue weighted by atomic mass is 32.1. The van der Waals surface area contributed by atoms with Crippen molar-refractivity contribution in [1.29, 1.82) is 0 Å². The molecule has 0 saturated heterocycles. The molecule has 20 heavy (non-hydrogen) atoms. The SMILES string of the molecule is Cc1ncc(CNCc2c(C)c3ccccc3n2C)s1. The second-order valence-electron chi connectivity index (χ2n) is 5.10. The maximum atomic E-state index is 4.29. The molecular weight excluding hydrogens is 266 g/mol. The molecule has 104 valence electrons. The minimum absolute atomic E-state index is 0.881. The van der Waals surface area contributed by atoms with Crippen molar-refractivity contribution in [3.63, 3.8) is 0 Å². The normalized spacial score (nSPS) is 11.3. The highest BCUT2D eigenvalue weighted by Crippen LogP contribution is 2.24. The maximum absolute atomic E-state index is 4.29. The zero-order valence-electron chi connectivity index (χ0n) is 12.1. The number of hydrogen-bond acceptors (Lipinski definition) is 3. The van der Waals surface area contributed by atoms with E-state index in [0.717, 1.165) is 18.1 Å². The molecule has 0 saturated carbocycles. The third-order valence-corrected chi connectivity index (χ3v) is 4.68. The maximum Gasteiger partial charge on any atom is 0.0897 e. The third-order valence-electron chi connectivity index (χ3n) is 3.77. The summed E-state index contributed by atoms with van der Waals surface area (Å²) in [5, 5.41) is 6.00. The van der Waals surface area contributed by atoms with Gasteiger partial charge < -0.3 is 9.88 Å². The van der Waals surface area contributed by atoms with Crippen LogP contribution in [0.1, 0.15) is 21.1 Å². The summed E-state index contributed by atoms with van der Waals surface area (Å²) in [6.45, 7) is 6.01. The van der Waals surface area contributed by atoms with Crippen molar-refractivity contribution in [3.8, 4) is 0 Å². The number of fused-ring (bicyclic) bond motifs is 1. The summed E-state index contributed by atoms with van der Waals surface area (Å²) >= 11 is 1.76. The molecule has 3 nitrogen and oxygen atoms in total. The molecule has 0 radical (unpaired) electrons. The lowest BCUT2D eigenvalue weighted by Crippen LogP contribution is -2.15. The fourth-order valence-corrected chi connectivity index (χ4v) is 3.44. The van der Waals surface area contributed by atoms with Crippen molar-refractivity contribution in [3.05, 3.63) is 51.6 Å². The Bertz CT molecular complexity index is 700. The first-order valence-corrected chi connectivity index (χ1v) is 7.63. The van der Waals surface area contributed by atoms with Crippen LogP contribution in [-0.4, -0.2) is 9.55 Å². The van der Waals surface area contributed by atoms with Gasteiger partial charge in [0.2, 0.25) is 0 Å². The minimum atomic E-state index is 0.881. The molecule has 0 aliphatic rings. The van der Waals surface area contributed by atoms with Crippen LogP contribution >= 0.6 is 11.3 Å². The summed E-state index contributed by atoms with van der Waals surface area (Å²) in [5.41, 5.74) is 4.03. The summed E-state index contributed by atoms with van der Waals surface area (Å²) in [4.78, 5) is 5.58. The molecule has 0 aliphatic carbocycles. The number of rotatable bonds is 4. The molecule has 3 aromatic rings. The highest BCUT2D eigenvalue weighted by molar-refractivity contribution is 7.11. The fourth-order valence-electron chi connectivity index (χ4n) is 2.68. The monoisotopic (exact) mass is 285 g/mol. The van der Waals surface area contributed by atoms with E-state index in [4.69, 9.17) is 0 Å². The Morgan fingerprint density at radius 2 is 2.00 bits per heavy atom. The Kier molecular flexibility index (Phi) is 3.59. The van der Waals surface area contributed by atoms with Crippen molar-refractivity contribution in [2.45, 2.75) is 26.9 Å². The van der Waals surface area contributed by atoms with E-state index in [1.165, 1.54) is 27.0 Å². The molecule has 3 rings (SSSR count). The number of para-hydroxylation sites is 1. The topological polar surface area (TPSA) is 29.9 Å². The number of nitrogens with one attached hydrogen (secondary N) is 1. The number of thiazole rings is 1. The molecule has 1 N–H and O–H groups in total. The molecule has 0 unspecified atom stereocenters. The Morgan fingerprint density at radius 1 is 1.20 bits per heavy atom. The summed E-state index contributed by atoms with van der Waals surface area (Å²) in [7, 11) is 2.14. The number of aryl methyl sites for hydroxylation is 3. The van der Waals surface area contributed by atoms with E-state index in [-0.39, 0.29) is 0 Å². The summed E-state index contributed by atoms with van der Waals surface area (Å²) in [6, 6.07) is 8.57. The van der Waals surface area contributed by atoms with E-state index < -0.39 is 0 Å². The number of benzene rings is 1. The summed E-state index contributed by atoms with van der Waals surface area (Å²) in [6.07, 6.45) is 1.96. The molecule has 0 spiro atoms. The van der Waals surface area contributed by atoms with E-state index in [2.05, 4.69) is 53.1 Å². The van der Waals surface area contributed by atoms with Crippen molar-refractivity contribution in [2.75, 3.05) is 0 Å². The average molecular weight is 285 g/mol. The van der Waals surface area contributed by atoms with Gasteiger partial charge in [-0.05, 0) is 25.5 Å². The largest absolute Gasteiger partial charge is 0.346 e. The lowest BCUT2D eigenvalue weighted by molar-refractivity contribution is 0.661. The third kappa shape index (κ3) is 2.37. The quantitative estimate of drug-likeness (QED) is 0.794. The molecule has 0 bridgehead atoms. The molecule has 0 atom stereocenters. The number of nitrogens with zero attached hydrogens (tertiary/aromatic N) is 2. The Labute approximate surface area is 123 Å². The van der Waals surface area contributed by atoms with E-state index in [0.29, 0.717) is 0 Å². The van der Waals surface area contributed by atoms with Gasteiger partial charge in [-0.1, -0.05) is 18.2 Å². The second kappa shape index (κ2) is 5.38. The summed E-state index contributed by atoms with van der Waals surface area (Å²) in [5.74, 6) is 0. The first kappa shape index (κ1) is 13.3. The van der Waals surface area contributed by atoms with Crippen LogP contribution < -0.4 is 5.32 Å². The first-order chi connectivity index (χ1) is 9.66. The van der Waals surface area contributed by atoms with Gasteiger partial charge in [0.25, 0.3) is 0 Å². The zero-order valence-corrected chi connectivity index (χ0v) is 12.9. The van der Waals surface area contributed by atoms with Crippen LogP contribution in [0.3, 0.4) is 0 Å². The van der Waals surface area contributed by atoms with Crippen LogP contribution in [-0.2, 0) is 20.1 Å². The van der Waals surface area contributed by atoms with Gasteiger partial charge >= 0.3 is 0 Å². The van der Waals surface area contributed by atoms with Gasteiger partial charge in [0, 0.05) is 47.8 Å². The van der Waals surface area contributed by atoms with Gasteiger partial charge in [0.1, 0.15) is 0 Å². The predicted octanol–water partition coefficient (Wildman–Crippen LogP) is 3.54. The Morgan fingerprint density at radius 3 is 2.70 bits per heavy atom. The lowest BCUT2D eigenvalue weighted by Gasteiger charge is -2.07. The number of aromatic nitrogens is 2. The Balaban J connectivity index is 1.77. The molecule has 2 heterocycles. The zero-order chi connectivity index (χ0) is 14.1.